The third-order valence-corrected chi connectivity index (χ3v) is 10.5. The molecule has 2 aliphatic heterocycles. The fourth-order valence-corrected chi connectivity index (χ4v) is 8.42. The maximum absolute atomic E-state index is 12.2. The summed E-state index contributed by atoms with van der Waals surface area (Å²) in [7, 11) is 0. The van der Waals surface area contributed by atoms with Gasteiger partial charge < -0.3 is 40.9 Å². The van der Waals surface area contributed by atoms with Crippen LogP contribution in [-0.2, 0) is 25.6 Å². The van der Waals surface area contributed by atoms with Crippen LogP contribution in [0.15, 0.2) is 17.3 Å². The van der Waals surface area contributed by atoms with Gasteiger partial charge in [0.1, 0.15) is 35.6 Å². The first-order valence-electron chi connectivity index (χ1n) is 12.1. The van der Waals surface area contributed by atoms with E-state index in [4.69, 9.17) is 37.1 Å². The van der Waals surface area contributed by atoms with Crippen LogP contribution < -0.4 is 17.0 Å². The van der Waals surface area contributed by atoms with Crippen molar-refractivity contribution < 1.29 is 34.0 Å². The largest absolute Gasteiger partial charge is 0.390 e. The highest BCUT2D eigenvalue weighted by atomic mass is 32.5. The van der Waals surface area contributed by atoms with E-state index in [2.05, 4.69) is 35.3 Å². The maximum atomic E-state index is 12.2. The third-order valence-electron chi connectivity index (χ3n) is 7.28. The standard InChI is InChI=1S/C19H22N11O8PS2/c20-17-25-14-9(15(33)26-17)27-28-29(14)16-11(19(34)10(32)12(19)41-16)38-39(35,40)36-3-8-6(31)1-7(37-8)5-2-24-30-13(5)22-4-23-18(30)21/h2,4,6-8,10-12,16,31-32,34H,1,3H2,(H,35,40)(H2,21,22,23)(H3,20,25,26,33)/t6-,7+,8+,10?,11-,12+,16+,19-,39?/m0/s1. The first kappa shape index (κ1) is 27.0. The molecule has 0 radical (unpaired) electrons. The van der Waals surface area contributed by atoms with E-state index < -0.39 is 59.0 Å². The zero-order chi connectivity index (χ0) is 28.8. The summed E-state index contributed by atoms with van der Waals surface area (Å²) in [6, 6.07) is 0. The average Bonchev–Trinajstić information content (AvgIpc) is 3.49. The molecular formula is C19H22N11O8PS2. The highest BCUT2D eigenvalue weighted by molar-refractivity contribution is 8.07. The summed E-state index contributed by atoms with van der Waals surface area (Å²) in [5, 5.41) is 42.4. The molecule has 3 aliphatic rings. The number of aliphatic hydroxyl groups is 3. The Hall–Kier alpha value is -2.85. The number of H-pyrrole nitrogens is 1. The highest BCUT2D eigenvalue weighted by Gasteiger charge is 2.77. The van der Waals surface area contributed by atoms with Crippen molar-refractivity contribution in [2.75, 3.05) is 18.1 Å². The Morgan fingerprint density at radius 3 is 2.93 bits per heavy atom. The molecule has 41 heavy (non-hydrogen) atoms. The number of nitrogen functional groups attached to an aromatic ring is 2. The number of nitrogens with zero attached hydrogens (tertiary/aromatic N) is 8. The molecule has 0 bridgehead atoms. The van der Waals surface area contributed by atoms with Gasteiger partial charge in [-0.1, -0.05) is 5.21 Å². The topological polar surface area (TPSA) is 280 Å². The Bertz CT molecular complexity index is 1790. The van der Waals surface area contributed by atoms with Crippen molar-refractivity contribution in [3.8, 4) is 0 Å². The van der Waals surface area contributed by atoms with Gasteiger partial charge in [0.25, 0.3) is 5.56 Å². The molecule has 2 unspecified atom stereocenters. The summed E-state index contributed by atoms with van der Waals surface area (Å²) < 4.78 is 19.8. The van der Waals surface area contributed by atoms with E-state index in [0.29, 0.717) is 11.2 Å². The lowest BCUT2D eigenvalue weighted by atomic mass is 10.1. The predicted octanol–water partition coefficient (Wildman–Crippen LogP) is -2.65. The van der Waals surface area contributed by atoms with Crippen molar-refractivity contribution in [2.24, 2.45) is 0 Å². The summed E-state index contributed by atoms with van der Waals surface area (Å²) in [6.07, 6.45) is -2.03. The SMILES string of the molecule is Nc1nc2c(nnn2[C@@H]2S[C@@H]3C(O)[C@]3(O)[C@H]2OP(O)(=S)OC[C@H]2O[C@@H](c3cnn4c(N)ncnc34)C[C@@H]2O)c(=O)[nH]1. The Labute approximate surface area is 237 Å². The molecule has 7 rings (SSSR count). The van der Waals surface area contributed by atoms with E-state index in [1.54, 1.807) is 0 Å². The summed E-state index contributed by atoms with van der Waals surface area (Å²) in [5.41, 5.74) is 9.99. The number of hydrogen-bond donors (Lipinski definition) is 7. The van der Waals surface area contributed by atoms with Gasteiger partial charge in [0.2, 0.25) is 11.9 Å². The van der Waals surface area contributed by atoms with Crippen LogP contribution in [0, 0.1) is 0 Å². The quantitative estimate of drug-likeness (QED) is 0.103. The number of thioether (sulfide) groups is 1. The fraction of sp³-hybridized carbons (Fsp3) is 0.526. The van der Waals surface area contributed by atoms with Crippen molar-refractivity contribution in [3.05, 3.63) is 28.4 Å². The van der Waals surface area contributed by atoms with Gasteiger partial charge >= 0.3 is 6.72 Å². The molecule has 0 spiro atoms. The number of aliphatic hydroxyl groups excluding tert-OH is 2. The second-order valence-electron chi connectivity index (χ2n) is 9.76. The van der Waals surface area contributed by atoms with Gasteiger partial charge in [-0.15, -0.1) is 16.9 Å². The molecule has 9 atom stereocenters. The lowest BCUT2D eigenvalue weighted by molar-refractivity contribution is -0.0425. The Kier molecular flexibility index (Phi) is 6.14. The van der Waals surface area contributed by atoms with E-state index >= 15 is 0 Å². The van der Waals surface area contributed by atoms with E-state index in [9.17, 15) is 25.0 Å². The molecule has 4 aromatic rings. The average molecular weight is 628 g/mol. The molecule has 4 aromatic heterocycles. The van der Waals surface area contributed by atoms with Crippen molar-refractivity contribution >= 4 is 59.0 Å². The zero-order valence-electron chi connectivity index (χ0n) is 20.5. The number of nitrogens with one attached hydrogen (secondary N) is 1. The van der Waals surface area contributed by atoms with Crippen LogP contribution in [0.2, 0.25) is 0 Å². The summed E-state index contributed by atoms with van der Waals surface area (Å²) >= 11 is 6.30. The Morgan fingerprint density at radius 1 is 1.32 bits per heavy atom. The van der Waals surface area contributed by atoms with Crippen molar-refractivity contribution in [1.82, 2.24) is 44.5 Å². The second-order valence-corrected chi connectivity index (χ2v) is 13.8. The van der Waals surface area contributed by atoms with E-state index in [1.165, 1.54) is 21.7 Å². The molecule has 19 nitrogen and oxygen atoms in total. The van der Waals surface area contributed by atoms with Gasteiger partial charge in [0, 0.05) is 12.0 Å². The smallest absolute Gasteiger partial charge is 0.325 e. The molecule has 6 heterocycles. The molecule has 0 amide bonds. The van der Waals surface area contributed by atoms with Crippen LogP contribution in [0.3, 0.4) is 0 Å². The first-order chi connectivity index (χ1) is 19.5. The molecule has 0 aromatic carbocycles. The Morgan fingerprint density at radius 2 is 2.12 bits per heavy atom. The minimum absolute atomic E-state index is 0.0112. The lowest BCUT2D eigenvalue weighted by Crippen LogP contribution is -2.38. The van der Waals surface area contributed by atoms with Gasteiger partial charge in [0.05, 0.1) is 30.3 Å². The summed E-state index contributed by atoms with van der Waals surface area (Å²) in [5.74, 6) is -0.0460. The number of aromatic amines is 1. The van der Waals surface area contributed by atoms with E-state index in [-0.39, 0.29) is 36.1 Å². The molecule has 2 saturated heterocycles. The number of nitrogens with two attached hydrogens (primary N) is 2. The third kappa shape index (κ3) is 4.23. The number of anilines is 2. The van der Waals surface area contributed by atoms with Gasteiger partial charge in [-0.2, -0.15) is 14.6 Å². The minimum atomic E-state index is -4.11. The molecule has 22 heteroatoms. The minimum Gasteiger partial charge on any atom is -0.390 e. The predicted molar refractivity (Wildman–Crippen MR) is 142 cm³/mol. The van der Waals surface area contributed by atoms with Crippen molar-refractivity contribution in [3.63, 3.8) is 0 Å². The molecule has 1 aliphatic carbocycles. The number of aromatic nitrogens is 9. The monoisotopic (exact) mass is 627 g/mol. The molecule has 9 N–H and O–H groups in total. The van der Waals surface area contributed by atoms with Gasteiger partial charge in [-0.05, 0) is 11.8 Å². The second kappa shape index (κ2) is 9.33. The number of hydrogen-bond acceptors (Lipinski definition) is 17. The van der Waals surface area contributed by atoms with Crippen LogP contribution in [0.4, 0.5) is 11.9 Å². The molecular weight excluding hydrogens is 605 g/mol. The van der Waals surface area contributed by atoms with Crippen LogP contribution in [0.1, 0.15) is 23.5 Å². The fourth-order valence-electron chi connectivity index (χ4n) is 5.16. The Balaban J connectivity index is 1.08. The van der Waals surface area contributed by atoms with Crippen molar-refractivity contribution in [1.29, 1.82) is 0 Å². The first-order valence-corrected chi connectivity index (χ1v) is 15.6. The highest BCUT2D eigenvalue weighted by Crippen LogP contribution is 2.66. The zero-order valence-corrected chi connectivity index (χ0v) is 23.1. The van der Waals surface area contributed by atoms with Crippen LogP contribution >= 0.6 is 18.5 Å². The lowest BCUT2D eigenvalue weighted by Gasteiger charge is -2.29. The molecule has 1 saturated carbocycles. The normalized spacial score (nSPS) is 34.3. The summed E-state index contributed by atoms with van der Waals surface area (Å²) in [4.78, 5) is 37.6. The van der Waals surface area contributed by atoms with Crippen molar-refractivity contribution in [2.45, 2.75) is 53.2 Å². The van der Waals surface area contributed by atoms with Crippen LogP contribution in [-0.4, -0.2) is 107 Å². The number of rotatable bonds is 7. The van der Waals surface area contributed by atoms with E-state index in [1.807, 2.05) is 0 Å². The summed E-state index contributed by atoms with van der Waals surface area (Å²) in [6.45, 7) is -4.47. The van der Waals surface area contributed by atoms with E-state index in [0.717, 1.165) is 11.8 Å². The molecule has 218 valence electrons. The van der Waals surface area contributed by atoms with Gasteiger partial charge in [0.15, 0.2) is 16.8 Å². The number of ether oxygens (including phenoxy) is 1. The van der Waals surface area contributed by atoms with Gasteiger partial charge in [-0.3, -0.25) is 14.3 Å². The molecule has 3 fully saturated rings. The van der Waals surface area contributed by atoms with Crippen LogP contribution in [0.25, 0.3) is 16.8 Å². The number of fused-ring (bicyclic) bond motifs is 3. The van der Waals surface area contributed by atoms with Gasteiger partial charge in [-0.25, -0.2) is 14.6 Å². The van der Waals surface area contributed by atoms with Crippen LogP contribution in [0.5, 0.6) is 0 Å². The maximum Gasteiger partial charge on any atom is 0.325 e.